The van der Waals surface area contributed by atoms with Gasteiger partial charge in [0.25, 0.3) is 0 Å². The molecule has 2 amide bonds. The molecular weight excluding hydrogens is 435 g/mol. The maximum absolute atomic E-state index is 12.7. The van der Waals surface area contributed by atoms with E-state index in [0.717, 1.165) is 4.90 Å². The average molecular weight is 468 g/mol. The highest BCUT2D eigenvalue weighted by Gasteiger charge is 2.32. The van der Waals surface area contributed by atoms with E-state index in [0.29, 0.717) is 0 Å². The van der Waals surface area contributed by atoms with E-state index in [4.69, 9.17) is 18.9 Å². The summed E-state index contributed by atoms with van der Waals surface area (Å²) in [5, 5.41) is 20.3. The number of hydrogen-bond acceptors (Lipinski definition) is 8. The van der Waals surface area contributed by atoms with E-state index in [2.05, 4.69) is 5.32 Å². The minimum Gasteiger partial charge on any atom is -0.481 e. The smallest absolute Gasteiger partial charge is 0.410 e. The van der Waals surface area contributed by atoms with Crippen molar-refractivity contribution in [3.05, 3.63) is 0 Å². The van der Waals surface area contributed by atoms with E-state index in [1.165, 1.54) is 0 Å². The van der Waals surface area contributed by atoms with Gasteiger partial charge in [-0.25, -0.2) is 9.59 Å². The normalized spacial score (nSPS) is 12.7. The number of aliphatic carboxylic acids is 2. The third kappa shape index (κ3) is 13.0. The van der Waals surface area contributed by atoms with E-state index < -0.39 is 62.6 Å². The SMILES string of the molecule is CCOP(=O)(CCN(CC(NC(=O)CCC(=O)O)C(=O)O)C(=O)OC(C)(C)C)OCC. The Morgan fingerprint density at radius 1 is 1.03 bits per heavy atom. The second kappa shape index (κ2) is 13.3. The first kappa shape index (κ1) is 28.8. The second-order valence-electron chi connectivity index (χ2n) is 7.45. The number of rotatable bonds is 14. The molecule has 0 saturated carbocycles. The van der Waals surface area contributed by atoms with Crippen LogP contribution < -0.4 is 5.32 Å². The third-order valence-corrected chi connectivity index (χ3v) is 5.60. The molecule has 0 aromatic heterocycles. The molecule has 0 aromatic carbocycles. The van der Waals surface area contributed by atoms with Crippen LogP contribution >= 0.6 is 7.60 Å². The van der Waals surface area contributed by atoms with Gasteiger partial charge >= 0.3 is 25.6 Å². The maximum Gasteiger partial charge on any atom is 0.410 e. The van der Waals surface area contributed by atoms with E-state index >= 15 is 0 Å². The van der Waals surface area contributed by atoms with Gasteiger partial charge < -0.3 is 34.2 Å². The first-order chi connectivity index (χ1) is 14.2. The zero-order valence-electron chi connectivity index (χ0n) is 18.6. The van der Waals surface area contributed by atoms with Gasteiger partial charge in [0, 0.05) is 13.0 Å². The Morgan fingerprint density at radius 3 is 2.00 bits per heavy atom. The Labute approximate surface area is 181 Å². The minimum atomic E-state index is -3.53. The number of carboxylic acids is 2. The Balaban J connectivity index is 5.47. The first-order valence-electron chi connectivity index (χ1n) is 9.83. The van der Waals surface area contributed by atoms with Gasteiger partial charge in [-0.1, -0.05) is 0 Å². The van der Waals surface area contributed by atoms with Crippen molar-refractivity contribution in [3.63, 3.8) is 0 Å². The number of carbonyl (C=O) groups is 4. The fourth-order valence-electron chi connectivity index (χ4n) is 2.28. The lowest BCUT2D eigenvalue weighted by Gasteiger charge is -2.30. The van der Waals surface area contributed by atoms with Gasteiger partial charge in [0.1, 0.15) is 11.6 Å². The van der Waals surface area contributed by atoms with E-state index in [1.54, 1.807) is 34.6 Å². The summed E-state index contributed by atoms with van der Waals surface area (Å²) in [5.41, 5.74) is -0.887. The van der Waals surface area contributed by atoms with Gasteiger partial charge in [-0.2, -0.15) is 0 Å². The van der Waals surface area contributed by atoms with Gasteiger partial charge in [0.2, 0.25) is 5.91 Å². The number of carboxylic acid groups (broad SMARTS) is 2. The van der Waals surface area contributed by atoms with Crippen molar-refractivity contribution in [2.75, 3.05) is 32.5 Å². The van der Waals surface area contributed by atoms with Crippen LogP contribution in [0.5, 0.6) is 0 Å². The number of amides is 2. The van der Waals surface area contributed by atoms with Gasteiger partial charge in [-0.3, -0.25) is 14.2 Å². The lowest BCUT2D eigenvalue weighted by Crippen LogP contribution is -2.51. The quantitative estimate of drug-likeness (QED) is 0.320. The molecule has 1 unspecified atom stereocenters. The average Bonchev–Trinajstić information content (AvgIpc) is 2.61. The predicted molar refractivity (Wildman–Crippen MR) is 110 cm³/mol. The molecule has 0 saturated heterocycles. The standard InChI is InChI=1S/C18H33N2O10P/c1-6-28-31(27,29-7-2)11-10-20(17(26)30-18(3,4)5)12-13(16(24)25)19-14(21)8-9-15(22)23/h13H,6-12H2,1-5H3,(H,19,21)(H,22,23)(H,24,25). The summed E-state index contributed by atoms with van der Waals surface area (Å²) in [5.74, 6) is -3.44. The van der Waals surface area contributed by atoms with Crippen molar-refractivity contribution < 1.29 is 47.7 Å². The van der Waals surface area contributed by atoms with Crippen LogP contribution in [0.4, 0.5) is 4.79 Å². The molecule has 0 heterocycles. The molecule has 0 aliphatic heterocycles. The molecular formula is C18H33N2O10P. The number of carbonyl (C=O) groups excluding carboxylic acids is 2. The molecule has 3 N–H and O–H groups in total. The Hall–Kier alpha value is -2.17. The molecule has 12 nitrogen and oxygen atoms in total. The van der Waals surface area contributed by atoms with Crippen LogP contribution in [0, 0.1) is 0 Å². The van der Waals surface area contributed by atoms with Crippen LogP contribution in [0.1, 0.15) is 47.5 Å². The summed E-state index contributed by atoms with van der Waals surface area (Å²) in [6.45, 7) is 7.63. The van der Waals surface area contributed by atoms with Crippen molar-refractivity contribution >= 4 is 31.5 Å². The molecule has 0 spiro atoms. The zero-order valence-corrected chi connectivity index (χ0v) is 19.5. The number of nitrogens with one attached hydrogen (secondary N) is 1. The molecule has 0 aromatic rings. The Bertz CT molecular complexity index is 667. The highest BCUT2D eigenvalue weighted by molar-refractivity contribution is 7.53. The highest BCUT2D eigenvalue weighted by Crippen LogP contribution is 2.47. The Morgan fingerprint density at radius 2 is 1.58 bits per heavy atom. The van der Waals surface area contributed by atoms with Crippen molar-refractivity contribution in [1.29, 1.82) is 0 Å². The molecule has 0 aliphatic carbocycles. The topological polar surface area (TPSA) is 169 Å². The summed E-state index contributed by atoms with van der Waals surface area (Å²) in [7, 11) is -3.53. The molecule has 0 radical (unpaired) electrons. The summed E-state index contributed by atoms with van der Waals surface area (Å²) < 4.78 is 28.4. The molecule has 13 heteroatoms. The fourth-order valence-corrected chi connectivity index (χ4v) is 3.89. The van der Waals surface area contributed by atoms with Crippen molar-refractivity contribution in [2.45, 2.75) is 59.1 Å². The van der Waals surface area contributed by atoms with Crippen LogP contribution in [0.25, 0.3) is 0 Å². The van der Waals surface area contributed by atoms with E-state index in [-0.39, 0.29) is 25.9 Å². The van der Waals surface area contributed by atoms with Crippen LogP contribution in [0.15, 0.2) is 0 Å². The summed E-state index contributed by atoms with van der Waals surface area (Å²) in [6, 6.07) is -1.53. The molecule has 31 heavy (non-hydrogen) atoms. The molecule has 180 valence electrons. The second-order valence-corrected chi connectivity index (χ2v) is 9.63. The minimum absolute atomic E-state index is 0.112. The predicted octanol–water partition coefficient (Wildman–Crippen LogP) is 1.92. The fraction of sp³-hybridized carbons (Fsp3) is 0.778. The van der Waals surface area contributed by atoms with E-state index in [1.807, 2.05) is 0 Å². The lowest BCUT2D eigenvalue weighted by atomic mass is 10.2. The zero-order chi connectivity index (χ0) is 24.2. The van der Waals surface area contributed by atoms with E-state index in [9.17, 15) is 28.8 Å². The maximum atomic E-state index is 12.7. The first-order valence-corrected chi connectivity index (χ1v) is 11.6. The molecule has 0 rings (SSSR count). The summed E-state index contributed by atoms with van der Waals surface area (Å²) in [4.78, 5) is 47.7. The molecule has 1 atom stereocenters. The largest absolute Gasteiger partial charge is 0.481 e. The van der Waals surface area contributed by atoms with Gasteiger partial charge in [0.15, 0.2) is 0 Å². The van der Waals surface area contributed by atoms with Gasteiger partial charge in [-0.05, 0) is 34.6 Å². The van der Waals surface area contributed by atoms with Crippen molar-refractivity contribution in [2.24, 2.45) is 0 Å². The monoisotopic (exact) mass is 468 g/mol. The summed E-state index contributed by atoms with van der Waals surface area (Å²) >= 11 is 0. The number of nitrogens with zero attached hydrogens (tertiary/aromatic N) is 1. The van der Waals surface area contributed by atoms with Gasteiger partial charge in [0.05, 0.1) is 32.3 Å². The van der Waals surface area contributed by atoms with Crippen molar-refractivity contribution in [1.82, 2.24) is 10.2 Å². The molecule has 0 aliphatic rings. The van der Waals surface area contributed by atoms with Crippen LogP contribution in [0.3, 0.4) is 0 Å². The van der Waals surface area contributed by atoms with Gasteiger partial charge in [-0.15, -0.1) is 0 Å². The van der Waals surface area contributed by atoms with Crippen LogP contribution in [-0.4, -0.2) is 83.2 Å². The number of ether oxygens (including phenoxy) is 1. The lowest BCUT2D eigenvalue weighted by molar-refractivity contribution is -0.142. The third-order valence-electron chi connectivity index (χ3n) is 3.55. The number of hydrogen-bond donors (Lipinski definition) is 3. The highest BCUT2D eigenvalue weighted by atomic mass is 31.2. The summed E-state index contributed by atoms with van der Waals surface area (Å²) in [6.07, 6.45) is -1.99. The molecule has 0 bridgehead atoms. The van der Waals surface area contributed by atoms with Crippen LogP contribution in [-0.2, 0) is 32.7 Å². The molecule has 0 fully saturated rings. The van der Waals surface area contributed by atoms with Crippen molar-refractivity contribution in [3.8, 4) is 0 Å². The van der Waals surface area contributed by atoms with Crippen LogP contribution in [0.2, 0.25) is 0 Å². The Kier molecular flexibility index (Phi) is 12.4.